The van der Waals surface area contributed by atoms with Gasteiger partial charge in [-0.05, 0) is 30.3 Å². The Labute approximate surface area is 161 Å². The predicted molar refractivity (Wildman–Crippen MR) is 105 cm³/mol. The zero-order chi connectivity index (χ0) is 19.5. The molecular weight excluding hydrogens is 361 g/mol. The standard InChI is InChI=1S/C21H20FN3O3/c1-24-19-5-3-2-4-17(19)18(20(24)25-10-12-27-13-11-25)14-23-28-21(26)15-6-8-16(22)9-7-15/h2-9,14H,10-13H2,1H3/b23-14-. The van der Waals surface area contributed by atoms with E-state index in [1.807, 2.05) is 31.3 Å². The Balaban J connectivity index is 1.64. The summed E-state index contributed by atoms with van der Waals surface area (Å²) in [5, 5.41) is 4.94. The normalized spacial score (nSPS) is 14.7. The topological polar surface area (TPSA) is 56.1 Å². The minimum Gasteiger partial charge on any atom is -0.378 e. The summed E-state index contributed by atoms with van der Waals surface area (Å²) in [6.07, 6.45) is 1.56. The lowest BCUT2D eigenvalue weighted by atomic mass is 10.1. The minimum atomic E-state index is -0.635. The third-order valence-corrected chi connectivity index (χ3v) is 4.82. The van der Waals surface area contributed by atoms with Gasteiger partial charge in [-0.15, -0.1) is 0 Å². The first-order valence-electron chi connectivity index (χ1n) is 9.05. The van der Waals surface area contributed by atoms with Crippen molar-refractivity contribution in [3.05, 3.63) is 65.5 Å². The van der Waals surface area contributed by atoms with Crippen molar-refractivity contribution in [1.82, 2.24) is 4.57 Å². The van der Waals surface area contributed by atoms with Gasteiger partial charge in [0.2, 0.25) is 0 Å². The number of ether oxygens (including phenoxy) is 1. The first-order chi connectivity index (χ1) is 13.6. The first kappa shape index (κ1) is 18.2. The van der Waals surface area contributed by atoms with Gasteiger partial charge in [0.05, 0.1) is 30.5 Å². The van der Waals surface area contributed by atoms with Crippen LogP contribution in [0.4, 0.5) is 10.2 Å². The number of morpholine rings is 1. The maximum atomic E-state index is 13.0. The fourth-order valence-corrected chi connectivity index (χ4v) is 3.46. The van der Waals surface area contributed by atoms with E-state index < -0.39 is 11.8 Å². The van der Waals surface area contributed by atoms with Gasteiger partial charge in [0.25, 0.3) is 0 Å². The Kier molecular flexibility index (Phi) is 5.08. The zero-order valence-corrected chi connectivity index (χ0v) is 15.5. The van der Waals surface area contributed by atoms with Crippen LogP contribution < -0.4 is 4.90 Å². The van der Waals surface area contributed by atoms with Crippen LogP contribution in [0.15, 0.2) is 53.7 Å². The van der Waals surface area contributed by atoms with Crippen molar-refractivity contribution in [3.63, 3.8) is 0 Å². The molecule has 28 heavy (non-hydrogen) atoms. The van der Waals surface area contributed by atoms with Crippen LogP contribution in [0.5, 0.6) is 0 Å². The van der Waals surface area contributed by atoms with E-state index >= 15 is 0 Å². The number of nitrogens with zero attached hydrogens (tertiary/aromatic N) is 3. The van der Waals surface area contributed by atoms with Crippen LogP contribution in [-0.4, -0.2) is 43.1 Å². The lowest BCUT2D eigenvalue weighted by Crippen LogP contribution is -2.37. The largest absolute Gasteiger partial charge is 0.378 e. The number of hydrogen-bond donors (Lipinski definition) is 0. The molecule has 6 nitrogen and oxygen atoms in total. The SMILES string of the molecule is Cn1c(N2CCOCC2)c(/C=N\OC(=O)c2ccc(F)cc2)c2ccccc21. The zero-order valence-electron chi connectivity index (χ0n) is 15.5. The van der Waals surface area contributed by atoms with Crippen molar-refractivity contribution in [3.8, 4) is 0 Å². The summed E-state index contributed by atoms with van der Waals surface area (Å²) in [7, 11) is 2.01. The molecule has 7 heteroatoms. The second kappa shape index (κ2) is 7.82. The molecule has 0 radical (unpaired) electrons. The molecule has 1 aromatic heterocycles. The molecular formula is C21H20FN3O3. The summed E-state index contributed by atoms with van der Waals surface area (Å²) < 4.78 is 20.6. The number of oxime groups is 1. The molecule has 3 aromatic rings. The summed E-state index contributed by atoms with van der Waals surface area (Å²) in [5.41, 5.74) is 2.19. The van der Waals surface area contributed by atoms with Crippen molar-refractivity contribution in [2.24, 2.45) is 12.2 Å². The predicted octanol–water partition coefficient (Wildman–Crippen LogP) is 3.34. The van der Waals surface area contributed by atoms with Crippen LogP contribution in [0.25, 0.3) is 10.9 Å². The van der Waals surface area contributed by atoms with Crippen LogP contribution in [0.3, 0.4) is 0 Å². The Morgan fingerprint density at radius 2 is 1.86 bits per heavy atom. The maximum absolute atomic E-state index is 13.0. The highest BCUT2D eigenvalue weighted by Crippen LogP contribution is 2.31. The number of hydrogen-bond acceptors (Lipinski definition) is 5. The van der Waals surface area contributed by atoms with Gasteiger partial charge in [-0.1, -0.05) is 23.4 Å². The van der Waals surface area contributed by atoms with Gasteiger partial charge < -0.3 is 19.0 Å². The van der Waals surface area contributed by atoms with E-state index in [9.17, 15) is 9.18 Å². The van der Waals surface area contributed by atoms with Crippen LogP contribution in [0.1, 0.15) is 15.9 Å². The second-order valence-corrected chi connectivity index (χ2v) is 6.53. The molecule has 1 saturated heterocycles. The third kappa shape index (κ3) is 3.48. The molecule has 0 saturated carbocycles. The Hall–Kier alpha value is -3.19. The van der Waals surface area contributed by atoms with E-state index in [-0.39, 0.29) is 5.56 Å². The molecule has 0 N–H and O–H groups in total. The quantitative estimate of drug-likeness (QED) is 0.395. The molecule has 2 heterocycles. The van der Waals surface area contributed by atoms with Gasteiger partial charge in [0.1, 0.15) is 11.6 Å². The van der Waals surface area contributed by atoms with E-state index in [2.05, 4.69) is 14.6 Å². The summed E-state index contributed by atoms with van der Waals surface area (Å²) in [6, 6.07) is 13.2. The number of halogens is 1. The highest BCUT2D eigenvalue weighted by atomic mass is 19.1. The molecule has 1 aliphatic heterocycles. The fourth-order valence-electron chi connectivity index (χ4n) is 3.46. The van der Waals surface area contributed by atoms with Gasteiger partial charge in [-0.2, -0.15) is 0 Å². The average molecular weight is 381 g/mol. The number of aromatic nitrogens is 1. The molecule has 0 aliphatic carbocycles. The van der Waals surface area contributed by atoms with Crippen molar-refractivity contribution in [2.75, 3.05) is 31.2 Å². The lowest BCUT2D eigenvalue weighted by Gasteiger charge is -2.29. The number of para-hydroxylation sites is 1. The van der Waals surface area contributed by atoms with Crippen molar-refractivity contribution >= 4 is 28.9 Å². The summed E-state index contributed by atoms with van der Waals surface area (Å²) in [5.74, 6) is -0.0403. The van der Waals surface area contributed by atoms with Gasteiger partial charge in [0.15, 0.2) is 0 Å². The highest BCUT2D eigenvalue weighted by Gasteiger charge is 2.21. The molecule has 0 amide bonds. The number of aryl methyl sites for hydroxylation is 1. The van der Waals surface area contributed by atoms with Crippen LogP contribution in [0, 0.1) is 5.82 Å². The van der Waals surface area contributed by atoms with Crippen LogP contribution in [0.2, 0.25) is 0 Å². The fraction of sp³-hybridized carbons (Fsp3) is 0.238. The Morgan fingerprint density at radius 3 is 2.61 bits per heavy atom. The molecule has 0 unspecified atom stereocenters. The summed E-state index contributed by atoms with van der Waals surface area (Å²) in [6.45, 7) is 2.88. The van der Waals surface area contributed by atoms with Gasteiger partial charge in [-0.25, -0.2) is 9.18 Å². The highest BCUT2D eigenvalue weighted by molar-refractivity contribution is 6.05. The number of rotatable bonds is 4. The van der Waals surface area contributed by atoms with Crippen molar-refractivity contribution in [1.29, 1.82) is 0 Å². The first-order valence-corrected chi connectivity index (χ1v) is 9.05. The molecule has 144 valence electrons. The Morgan fingerprint density at radius 1 is 1.14 bits per heavy atom. The minimum absolute atomic E-state index is 0.241. The number of carbonyl (C=O) groups is 1. The molecule has 0 atom stereocenters. The van der Waals surface area contributed by atoms with E-state index in [0.717, 1.165) is 35.4 Å². The number of carbonyl (C=O) groups excluding carboxylic acids is 1. The van der Waals surface area contributed by atoms with E-state index in [1.165, 1.54) is 24.3 Å². The Bertz CT molecular complexity index is 1020. The smallest absolute Gasteiger partial charge is 0.365 e. The van der Waals surface area contributed by atoms with Gasteiger partial charge in [0, 0.05) is 31.1 Å². The average Bonchev–Trinajstić information content (AvgIpc) is 3.01. The van der Waals surface area contributed by atoms with Gasteiger partial charge in [-0.3, -0.25) is 0 Å². The van der Waals surface area contributed by atoms with E-state index in [0.29, 0.717) is 13.2 Å². The van der Waals surface area contributed by atoms with Gasteiger partial charge >= 0.3 is 5.97 Å². The van der Waals surface area contributed by atoms with E-state index in [1.54, 1.807) is 6.21 Å². The monoisotopic (exact) mass is 381 g/mol. The number of anilines is 1. The van der Waals surface area contributed by atoms with Crippen molar-refractivity contribution < 1.29 is 18.8 Å². The number of fused-ring (bicyclic) bond motifs is 1. The lowest BCUT2D eigenvalue weighted by molar-refractivity contribution is 0.0519. The van der Waals surface area contributed by atoms with Crippen LogP contribution >= 0.6 is 0 Å². The molecule has 1 aliphatic rings. The molecule has 0 bridgehead atoms. The van der Waals surface area contributed by atoms with Crippen molar-refractivity contribution in [2.45, 2.75) is 0 Å². The second-order valence-electron chi connectivity index (χ2n) is 6.53. The summed E-state index contributed by atoms with van der Waals surface area (Å²) >= 11 is 0. The summed E-state index contributed by atoms with van der Waals surface area (Å²) in [4.78, 5) is 19.4. The molecule has 2 aromatic carbocycles. The van der Waals surface area contributed by atoms with E-state index in [4.69, 9.17) is 9.57 Å². The molecule has 1 fully saturated rings. The van der Waals surface area contributed by atoms with Crippen LogP contribution in [-0.2, 0) is 16.6 Å². The maximum Gasteiger partial charge on any atom is 0.365 e. The molecule has 4 rings (SSSR count). The molecule has 0 spiro atoms. The number of benzene rings is 2. The third-order valence-electron chi connectivity index (χ3n) is 4.82.